The van der Waals surface area contributed by atoms with Gasteiger partial charge in [0, 0.05) is 31.1 Å². The number of ether oxygens (including phenoxy) is 1. The zero-order valence-corrected chi connectivity index (χ0v) is 11.9. The molecule has 0 aromatic carbocycles. The van der Waals surface area contributed by atoms with E-state index in [-0.39, 0.29) is 16.7 Å². The molecule has 1 aromatic rings. The highest BCUT2D eigenvalue weighted by molar-refractivity contribution is 7.16. The van der Waals surface area contributed by atoms with Crippen molar-refractivity contribution >= 4 is 22.0 Å². The third kappa shape index (κ3) is 3.05. The van der Waals surface area contributed by atoms with E-state index in [0.717, 1.165) is 19.4 Å². The Morgan fingerprint density at radius 1 is 1.68 bits per heavy atom. The molecule has 1 unspecified atom stereocenters. The molecule has 0 bridgehead atoms. The summed E-state index contributed by atoms with van der Waals surface area (Å²) in [6.07, 6.45) is 1.37. The standard InChI is InChI=1S/C12H18N2O4S/c1-8(15)11-6-10(14(16)17)12(19-11)13-5-3-4-9(7-13)18-2/h6,8-9,15H,3-5,7H2,1-2H3/t8-,9?/m0/s1. The first kappa shape index (κ1) is 14.2. The molecular weight excluding hydrogens is 268 g/mol. The first-order valence-electron chi connectivity index (χ1n) is 6.27. The van der Waals surface area contributed by atoms with Gasteiger partial charge < -0.3 is 14.7 Å². The average molecular weight is 286 g/mol. The first-order chi connectivity index (χ1) is 9.02. The summed E-state index contributed by atoms with van der Waals surface area (Å²) in [5.74, 6) is 0. The van der Waals surface area contributed by atoms with Crippen molar-refractivity contribution in [3.8, 4) is 0 Å². The molecule has 2 heterocycles. The van der Waals surface area contributed by atoms with Crippen molar-refractivity contribution in [1.82, 2.24) is 0 Å². The van der Waals surface area contributed by atoms with Crippen LogP contribution >= 0.6 is 11.3 Å². The van der Waals surface area contributed by atoms with E-state index in [2.05, 4.69) is 0 Å². The second kappa shape index (κ2) is 5.85. The minimum absolute atomic E-state index is 0.0812. The molecule has 0 aliphatic carbocycles. The minimum Gasteiger partial charge on any atom is -0.388 e. The van der Waals surface area contributed by atoms with Crippen LogP contribution in [-0.2, 0) is 4.74 Å². The van der Waals surface area contributed by atoms with Gasteiger partial charge in [0.25, 0.3) is 0 Å². The lowest BCUT2D eigenvalue weighted by Gasteiger charge is -2.32. The number of aliphatic hydroxyl groups is 1. The number of rotatable bonds is 4. The molecule has 1 aliphatic heterocycles. The molecule has 7 heteroatoms. The number of hydrogen-bond acceptors (Lipinski definition) is 6. The number of aliphatic hydroxyl groups excluding tert-OH is 1. The third-order valence-corrected chi connectivity index (χ3v) is 4.68. The first-order valence-corrected chi connectivity index (χ1v) is 7.08. The van der Waals surface area contributed by atoms with Gasteiger partial charge >= 0.3 is 5.69 Å². The van der Waals surface area contributed by atoms with Crippen LogP contribution in [0.25, 0.3) is 0 Å². The fourth-order valence-corrected chi connectivity index (χ4v) is 3.37. The van der Waals surface area contributed by atoms with Crippen LogP contribution < -0.4 is 4.90 Å². The summed E-state index contributed by atoms with van der Waals surface area (Å²) < 4.78 is 5.34. The van der Waals surface area contributed by atoms with Gasteiger partial charge in [-0.05, 0) is 19.8 Å². The van der Waals surface area contributed by atoms with E-state index in [1.165, 1.54) is 17.4 Å². The molecule has 1 saturated heterocycles. The molecule has 1 aliphatic rings. The van der Waals surface area contributed by atoms with Crippen molar-refractivity contribution in [2.75, 3.05) is 25.1 Å². The molecule has 1 N–H and O–H groups in total. The van der Waals surface area contributed by atoms with Crippen LogP contribution in [0.15, 0.2) is 6.07 Å². The Labute approximate surface area is 115 Å². The summed E-state index contributed by atoms with van der Waals surface area (Å²) in [5, 5.41) is 21.3. The molecular formula is C12H18N2O4S. The lowest BCUT2D eigenvalue weighted by atomic mass is 10.1. The van der Waals surface area contributed by atoms with Gasteiger partial charge in [0.05, 0.1) is 17.1 Å². The van der Waals surface area contributed by atoms with E-state index in [4.69, 9.17) is 4.74 Å². The second-order valence-electron chi connectivity index (χ2n) is 4.72. The van der Waals surface area contributed by atoms with Gasteiger partial charge in [-0.2, -0.15) is 0 Å². The van der Waals surface area contributed by atoms with Crippen LogP contribution in [0, 0.1) is 10.1 Å². The number of anilines is 1. The van der Waals surface area contributed by atoms with Crippen molar-refractivity contribution < 1.29 is 14.8 Å². The highest BCUT2D eigenvalue weighted by atomic mass is 32.1. The summed E-state index contributed by atoms with van der Waals surface area (Å²) in [6, 6.07) is 1.47. The molecule has 0 radical (unpaired) electrons. The highest BCUT2D eigenvalue weighted by Gasteiger charge is 2.29. The summed E-state index contributed by atoms with van der Waals surface area (Å²) in [4.78, 5) is 13.4. The number of nitrogens with zero attached hydrogens (tertiary/aromatic N) is 2. The van der Waals surface area contributed by atoms with Gasteiger partial charge in [0.15, 0.2) is 5.00 Å². The quantitative estimate of drug-likeness (QED) is 0.679. The Morgan fingerprint density at radius 2 is 2.42 bits per heavy atom. The summed E-state index contributed by atoms with van der Waals surface area (Å²) in [7, 11) is 1.66. The molecule has 1 aromatic heterocycles. The molecule has 6 nitrogen and oxygen atoms in total. The maximum absolute atomic E-state index is 11.1. The van der Waals surface area contributed by atoms with Crippen LogP contribution in [0.3, 0.4) is 0 Å². The van der Waals surface area contributed by atoms with Crippen LogP contribution in [0.4, 0.5) is 10.7 Å². The largest absolute Gasteiger partial charge is 0.388 e. The maximum Gasteiger partial charge on any atom is 0.304 e. The monoisotopic (exact) mass is 286 g/mol. The van der Waals surface area contributed by atoms with E-state index < -0.39 is 6.10 Å². The molecule has 0 saturated carbocycles. The lowest BCUT2D eigenvalue weighted by molar-refractivity contribution is -0.383. The Kier molecular flexibility index (Phi) is 4.38. The summed E-state index contributed by atoms with van der Waals surface area (Å²) in [6.45, 7) is 3.07. The van der Waals surface area contributed by atoms with Gasteiger partial charge in [-0.15, -0.1) is 11.3 Å². The molecule has 2 rings (SSSR count). The Morgan fingerprint density at radius 3 is 3.00 bits per heavy atom. The highest BCUT2D eigenvalue weighted by Crippen LogP contribution is 2.41. The van der Waals surface area contributed by atoms with Crippen LogP contribution in [0.5, 0.6) is 0 Å². The van der Waals surface area contributed by atoms with Crippen molar-refractivity contribution in [3.05, 3.63) is 21.1 Å². The number of nitro groups is 1. The fourth-order valence-electron chi connectivity index (χ4n) is 2.27. The second-order valence-corrected chi connectivity index (χ2v) is 5.78. The molecule has 0 spiro atoms. The van der Waals surface area contributed by atoms with Crippen molar-refractivity contribution in [2.45, 2.75) is 32.0 Å². The topological polar surface area (TPSA) is 75.8 Å². The van der Waals surface area contributed by atoms with Crippen LogP contribution in [0.2, 0.25) is 0 Å². The summed E-state index contributed by atoms with van der Waals surface area (Å²) in [5.41, 5.74) is 0.0812. The van der Waals surface area contributed by atoms with E-state index in [1.807, 2.05) is 4.90 Å². The van der Waals surface area contributed by atoms with E-state index >= 15 is 0 Å². The van der Waals surface area contributed by atoms with Crippen molar-refractivity contribution in [1.29, 1.82) is 0 Å². The number of thiophene rings is 1. The van der Waals surface area contributed by atoms with E-state index in [0.29, 0.717) is 16.4 Å². The van der Waals surface area contributed by atoms with Gasteiger partial charge in [-0.3, -0.25) is 10.1 Å². The molecule has 0 amide bonds. The molecule has 106 valence electrons. The average Bonchev–Trinajstić information content (AvgIpc) is 2.84. The minimum atomic E-state index is -0.680. The Balaban J connectivity index is 2.29. The molecule has 1 fully saturated rings. The fraction of sp³-hybridized carbons (Fsp3) is 0.667. The predicted molar refractivity (Wildman–Crippen MR) is 73.9 cm³/mol. The molecule has 2 atom stereocenters. The zero-order valence-electron chi connectivity index (χ0n) is 11.0. The van der Waals surface area contributed by atoms with Crippen LogP contribution in [0.1, 0.15) is 30.7 Å². The predicted octanol–water partition coefficient (Wildman–Crippen LogP) is 2.32. The molecule has 19 heavy (non-hydrogen) atoms. The zero-order chi connectivity index (χ0) is 14.0. The van der Waals surface area contributed by atoms with Crippen molar-refractivity contribution in [3.63, 3.8) is 0 Å². The summed E-state index contributed by atoms with van der Waals surface area (Å²) >= 11 is 1.29. The maximum atomic E-state index is 11.1. The lowest BCUT2D eigenvalue weighted by Crippen LogP contribution is -2.39. The van der Waals surface area contributed by atoms with Gasteiger partial charge in [0.2, 0.25) is 0 Å². The van der Waals surface area contributed by atoms with Gasteiger partial charge in [-0.1, -0.05) is 0 Å². The van der Waals surface area contributed by atoms with Gasteiger partial charge in [0.1, 0.15) is 0 Å². The Bertz CT molecular complexity index is 461. The third-order valence-electron chi connectivity index (χ3n) is 3.32. The van der Waals surface area contributed by atoms with Crippen molar-refractivity contribution in [2.24, 2.45) is 0 Å². The smallest absolute Gasteiger partial charge is 0.304 e. The number of hydrogen-bond donors (Lipinski definition) is 1. The normalized spacial score (nSPS) is 21.4. The number of piperidine rings is 1. The van der Waals surface area contributed by atoms with E-state index in [1.54, 1.807) is 14.0 Å². The van der Waals surface area contributed by atoms with Crippen LogP contribution in [-0.4, -0.2) is 36.3 Å². The Hall–Kier alpha value is -1.18. The van der Waals surface area contributed by atoms with E-state index in [9.17, 15) is 15.2 Å². The van der Waals surface area contributed by atoms with Gasteiger partial charge in [-0.25, -0.2) is 0 Å². The number of methoxy groups -OCH3 is 1. The SMILES string of the molecule is COC1CCCN(c2sc([C@H](C)O)cc2[N+](=O)[O-])C1.